The Morgan fingerprint density at radius 2 is 2.40 bits per heavy atom. The maximum Gasteiger partial charge on any atom is 0.303 e. The van der Waals surface area contributed by atoms with E-state index in [4.69, 9.17) is 5.11 Å². The normalized spacial score (nSPS) is 18.3. The van der Waals surface area contributed by atoms with E-state index in [0.29, 0.717) is 12.3 Å². The van der Waals surface area contributed by atoms with Crippen molar-refractivity contribution in [3.05, 3.63) is 29.3 Å². The molecule has 1 aromatic carbocycles. The Labute approximate surface area is 89.1 Å². The number of anilines is 1. The van der Waals surface area contributed by atoms with Crippen molar-refractivity contribution in [2.75, 3.05) is 11.9 Å². The summed E-state index contributed by atoms with van der Waals surface area (Å²) >= 11 is 0. The second-order valence-corrected chi connectivity index (χ2v) is 4.10. The zero-order valence-corrected chi connectivity index (χ0v) is 8.79. The van der Waals surface area contributed by atoms with Crippen molar-refractivity contribution in [1.82, 2.24) is 0 Å². The molecule has 0 aromatic heterocycles. The fraction of sp³-hybridized carbons (Fsp3) is 0.417. The van der Waals surface area contributed by atoms with Crippen molar-refractivity contribution < 1.29 is 9.90 Å². The third-order valence-corrected chi connectivity index (χ3v) is 2.87. The third kappa shape index (κ3) is 2.12. The number of nitrogens with one attached hydrogen (secondary N) is 1. The standard InChI is InChI=1S/C12H15NO2/c1-8-7-13-11-6-9(2-4-10(8)11)3-5-12(14)15/h2,4,6,8,13H,3,5,7H2,1H3,(H,14,15). The molecule has 3 heteroatoms. The summed E-state index contributed by atoms with van der Waals surface area (Å²) in [7, 11) is 0. The molecular formula is C12H15NO2. The minimum Gasteiger partial charge on any atom is -0.481 e. The van der Waals surface area contributed by atoms with Gasteiger partial charge in [-0.3, -0.25) is 4.79 Å². The molecule has 15 heavy (non-hydrogen) atoms. The first-order valence-corrected chi connectivity index (χ1v) is 5.25. The average Bonchev–Trinajstić information content (AvgIpc) is 2.57. The molecule has 80 valence electrons. The molecule has 1 aliphatic rings. The number of benzene rings is 1. The summed E-state index contributed by atoms with van der Waals surface area (Å²) in [5.41, 5.74) is 3.61. The van der Waals surface area contributed by atoms with E-state index in [2.05, 4.69) is 24.4 Å². The lowest BCUT2D eigenvalue weighted by Crippen LogP contribution is -1.98. The molecule has 0 spiro atoms. The SMILES string of the molecule is CC1CNc2cc(CCC(=O)O)ccc21. The highest BCUT2D eigenvalue weighted by atomic mass is 16.4. The van der Waals surface area contributed by atoms with E-state index in [0.717, 1.165) is 12.1 Å². The summed E-state index contributed by atoms with van der Waals surface area (Å²) in [6.45, 7) is 3.17. The van der Waals surface area contributed by atoms with Crippen LogP contribution in [0.3, 0.4) is 0 Å². The zero-order valence-electron chi connectivity index (χ0n) is 8.79. The van der Waals surface area contributed by atoms with Gasteiger partial charge in [-0.2, -0.15) is 0 Å². The van der Waals surface area contributed by atoms with Crippen LogP contribution in [0.4, 0.5) is 5.69 Å². The van der Waals surface area contributed by atoms with Crippen LogP contribution in [0.5, 0.6) is 0 Å². The quantitative estimate of drug-likeness (QED) is 0.795. The second kappa shape index (κ2) is 3.93. The summed E-state index contributed by atoms with van der Waals surface area (Å²) in [6.07, 6.45) is 0.813. The van der Waals surface area contributed by atoms with Crippen LogP contribution < -0.4 is 5.32 Å². The number of aryl methyl sites for hydroxylation is 1. The van der Waals surface area contributed by atoms with Gasteiger partial charge in [0.1, 0.15) is 0 Å². The van der Waals surface area contributed by atoms with Gasteiger partial charge >= 0.3 is 5.97 Å². The van der Waals surface area contributed by atoms with E-state index in [1.807, 2.05) is 6.07 Å². The second-order valence-electron chi connectivity index (χ2n) is 4.10. The van der Waals surface area contributed by atoms with Crippen LogP contribution in [-0.2, 0) is 11.2 Å². The number of rotatable bonds is 3. The predicted octanol–water partition coefficient (Wildman–Crippen LogP) is 2.23. The fourth-order valence-corrected chi connectivity index (χ4v) is 1.97. The van der Waals surface area contributed by atoms with Crippen LogP contribution >= 0.6 is 0 Å². The molecule has 1 unspecified atom stereocenters. The van der Waals surface area contributed by atoms with Crippen molar-refractivity contribution >= 4 is 11.7 Å². The van der Waals surface area contributed by atoms with Crippen molar-refractivity contribution in [1.29, 1.82) is 0 Å². The third-order valence-electron chi connectivity index (χ3n) is 2.87. The van der Waals surface area contributed by atoms with Crippen LogP contribution in [0, 0.1) is 0 Å². The molecule has 2 N–H and O–H groups in total. The summed E-state index contributed by atoms with van der Waals surface area (Å²) in [4.78, 5) is 10.4. The van der Waals surface area contributed by atoms with Crippen molar-refractivity contribution in [3.8, 4) is 0 Å². The largest absolute Gasteiger partial charge is 0.481 e. The monoisotopic (exact) mass is 205 g/mol. The molecule has 1 heterocycles. The highest BCUT2D eigenvalue weighted by molar-refractivity contribution is 5.67. The zero-order chi connectivity index (χ0) is 10.8. The van der Waals surface area contributed by atoms with Gasteiger partial charge in [-0.1, -0.05) is 19.1 Å². The molecule has 0 saturated heterocycles. The van der Waals surface area contributed by atoms with Gasteiger partial charge in [-0.25, -0.2) is 0 Å². The highest BCUT2D eigenvalue weighted by Gasteiger charge is 2.17. The highest BCUT2D eigenvalue weighted by Crippen LogP contribution is 2.31. The van der Waals surface area contributed by atoms with E-state index in [-0.39, 0.29) is 6.42 Å². The number of carboxylic acids is 1. The van der Waals surface area contributed by atoms with Crippen molar-refractivity contribution in [2.24, 2.45) is 0 Å². The predicted molar refractivity (Wildman–Crippen MR) is 59.3 cm³/mol. The Bertz CT molecular complexity index is 387. The van der Waals surface area contributed by atoms with E-state index in [1.54, 1.807) is 0 Å². The van der Waals surface area contributed by atoms with Gasteiger partial charge in [0, 0.05) is 24.6 Å². The van der Waals surface area contributed by atoms with Crippen molar-refractivity contribution in [3.63, 3.8) is 0 Å². The molecular weight excluding hydrogens is 190 g/mol. The molecule has 0 bridgehead atoms. The van der Waals surface area contributed by atoms with Gasteiger partial charge in [-0.05, 0) is 23.6 Å². The fourth-order valence-electron chi connectivity index (χ4n) is 1.97. The first kappa shape index (κ1) is 10.0. The van der Waals surface area contributed by atoms with E-state index >= 15 is 0 Å². The summed E-state index contributed by atoms with van der Waals surface area (Å²) in [5, 5.41) is 11.9. The lowest BCUT2D eigenvalue weighted by molar-refractivity contribution is -0.136. The Balaban J connectivity index is 2.12. The van der Waals surface area contributed by atoms with Gasteiger partial charge in [0.15, 0.2) is 0 Å². The van der Waals surface area contributed by atoms with E-state index < -0.39 is 5.97 Å². The molecule has 0 aliphatic carbocycles. The average molecular weight is 205 g/mol. The van der Waals surface area contributed by atoms with E-state index in [1.165, 1.54) is 11.3 Å². The van der Waals surface area contributed by atoms with E-state index in [9.17, 15) is 4.79 Å². The lowest BCUT2D eigenvalue weighted by Gasteiger charge is -2.05. The topological polar surface area (TPSA) is 49.3 Å². The Morgan fingerprint density at radius 3 is 3.13 bits per heavy atom. The van der Waals surface area contributed by atoms with Gasteiger partial charge in [0.2, 0.25) is 0 Å². The Hall–Kier alpha value is -1.51. The molecule has 0 fully saturated rings. The van der Waals surface area contributed by atoms with Crippen LogP contribution in [0.2, 0.25) is 0 Å². The molecule has 0 saturated carbocycles. The summed E-state index contributed by atoms with van der Waals surface area (Å²) < 4.78 is 0. The molecule has 2 rings (SSSR count). The van der Waals surface area contributed by atoms with Gasteiger partial charge in [0.05, 0.1) is 0 Å². The number of hydrogen-bond acceptors (Lipinski definition) is 2. The van der Waals surface area contributed by atoms with Gasteiger partial charge in [-0.15, -0.1) is 0 Å². The van der Waals surface area contributed by atoms with Crippen LogP contribution in [0.1, 0.15) is 30.4 Å². The van der Waals surface area contributed by atoms with Crippen LogP contribution in [-0.4, -0.2) is 17.6 Å². The Kier molecular flexibility index (Phi) is 2.62. The minimum absolute atomic E-state index is 0.203. The van der Waals surface area contributed by atoms with Gasteiger partial charge in [0.25, 0.3) is 0 Å². The first-order chi connectivity index (χ1) is 7.16. The molecule has 1 atom stereocenters. The van der Waals surface area contributed by atoms with Crippen LogP contribution in [0.25, 0.3) is 0 Å². The molecule has 0 radical (unpaired) electrons. The first-order valence-electron chi connectivity index (χ1n) is 5.25. The smallest absolute Gasteiger partial charge is 0.303 e. The van der Waals surface area contributed by atoms with Crippen LogP contribution in [0.15, 0.2) is 18.2 Å². The lowest BCUT2D eigenvalue weighted by atomic mass is 10.0. The minimum atomic E-state index is -0.739. The maximum atomic E-state index is 10.4. The number of carbonyl (C=O) groups is 1. The molecule has 3 nitrogen and oxygen atoms in total. The number of hydrogen-bond donors (Lipinski definition) is 2. The number of fused-ring (bicyclic) bond motifs is 1. The number of aliphatic carboxylic acids is 1. The number of carboxylic acid groups (broad SMARTS) is 1. The van der Waals surface area contributed by atoms with Crippen molar-refractivity contribution in [2.45, 2.75) is 25.7 Å². The molecule has 1 aliphatic heterocycles. The Morgan fingerprint density at radius 1 is 1.60 bits per heavy atom. The molecule has 0 amide bonds. The summed E-state index contributed by atoms with van der Waals surface area (Å²) in [6, 6.07) is 6.21. The summed E-state index contributed by atoms with van der Waals surface area (Å²) in [5.74, 6) is -0.176. The molecule has 1 aromatic rings. The van der Waals surface area contributed by atoms with Gasteiger partial charge < -0.3 is 10.4 Å². The maximum absolute atomic E-state index is 10.4.